The average molecular weight is 452 g/mol. The molecule has 0 bridgehead atoms. The van der Waals surface area contributed by atoms with E-state index >= 15 is 0 Å². The van der Waals surface area contributed by atoms with E-state index in [1.165, 1.54) is 5.69 Å². The molecule has 0 aromatic carbocycles. The molecule has 1 heterocycles. The van der Waals surface area contributed by atoms with E-state index in [-0.39, 0.29) is 21.1 Å². The van der Waals surface area contributed by atoms with Crippen molar-refractivity contribution in [3.05, 3.63) is 30.1 Å². The zero-order chi connectivity index (χ0) is 13.3. The molecule has 0 saturated carbocycles. The molecule has 0 amide bonds. The number of carbonyl (C=O) groups is 2. The topological polar surface area (TPSA) is 87.5 Å². The first-order valence-corrected chi connectivity index (χ1v) is 6.15. The molecular formula is C11H15NO4PtS. The molecule has 1 aromatic rings. The third kappa shape index (κ3) is 10.3. The summed E-state index contributed by atoms with van der Waals surface area (Å²) in [6.45, 7) is 2.22. The van der Waals surface area contributed by atoms with Gasteiger partial charge >= 0.3 is 11.9 Å². The molecule has 5 nitrogen and oxygen atoms in total. The number of aromatic nitrogens is 1. The number of carboxylic acids is 2. The van der Waals surface area contributed by atoms with Crippen LogP contribution < -0.4 is 0 Å². The molecule has 1 rings (SSSR count). The molecule has 104 valence electrons. The van der Waals surface area contributed by atoms with Gasteiger partial charge < -0.3 is 10.2 Å². The van der Waals surface area contributed by atoms with Crippen molar-refractivity contribution in [2.75, 3.05) is 6.26 Å². The van der Waals surface area contributed by atoms with Gasteiger partial charge in [-0.3, -0.25) is 4.98 Å². The molecule has 0 aliphatic heterocycles. The summed E-state index contributed by atoms with van der Waals surface area (Å²) in [5, 5.41) is 15.5. The van der Waals surface area contributed by atoms with Crippen LogP contribution in [0.1, 0.15) is 12.6 Å². The van der Waals surface area contributed by atoms with Crippen LogP contribution in [-0.4, -0.2) is 38.6 Å². The predicted octanol–water partition coefficient (Wildman–Crippen LogP) is 1.53. The van der Waals surface area contributed by atoms with E-state index in [0.29, 0.717) is 5.25 Å². The molecule has 7 heteroatoms. The standard InChI is InChI=1S/C9H13NS.C2H2O4.Pt/c1-8(11-2)7-9-5-3-4-6-10-9;3-1(4)2(5)6;/h3-6,8H,7H2,1-2H3;(H,3,4)(H,5,6);. The Hall–Kier alpha value is -0.872. The van der Waals surface area contributed by atoms with Crippen LogP contribution in [0.2, 0.25) is 0 Å². The van der Waals surface area contributed by atoms with Crippen LogP contribution >= 0.6 is 11.8 Å². The van der Waals surface area contributed by atoms with Gasteiger partial charge in [0.05, 0.1) is 0 Å². The first-order valence-electron chi connectivity index (χ1n) is 4.86. The van der Waals surface area contributed by atoms with Crippen LogP contribution in [0.4, 0.5) is 0 Å². The molecule has 0 saturated heterocycles. The average Bonchev–Trinajstić information content (AvgIpc) is 2.31. The van der Waals surface area contributed by atoms with Crippen LogP contribution in [0.3, 0.4) is 0 Å². The molecule has 18 heavy (non-hydrogen) atoms. The van der Waals surface area contributed by atoms with E-state index in [9.17, 15) is 0 Å². The van der Waals surface area contributed by atoms with Gasteiger partial charge in [0.1, 0.15) is 0 Å². The van der Waals surface area contributed by atoms with Crippen LogP contribution in [0.25, 0.3) is 0 Å². The maximum absolute atomic E-state index is 9.10. The Morgan fingerprint density at radius 1 is 1.33 bits per heavy atom. The number of nitrogens with zero attached hydrogens (tertiary/aromatic N) is 1. The summed E-state index contributed by atoms with van der Waals surface area (Å²) in [5.41, 5.74) is 1.19. The molecule has 0 spiro atoms. The van der Waals surface area contributed by atoms with Gasteiger partial charge in [-0.15, -0.1) is 0 Å². The SMILES string of the molecule is CSC(C)Cc1ccccn1.O=C(O)C(=O)O.[Pt]. The summed E-state index contributed by atoms with van der Waals surface area (Å²) >= 11 is 1.88. The van der Waals surface area contributed by atoms with E-state index in [2.05, 4.69) is 24.2 Å². The number of hydrogen-bond donors (Lipinski definition) is 2. The first-order chi connectivity index (χ1) is 7.97. The number of pyridine rings is 1. The maximum Gasteiger partial charge on any atom is 0.414 e. The van der Waals surface area contributed by atoms with Crippen molar-refractivity contribution in [3.63, 3.8) is 0 Å². The third-order valence-electron chi connectivity index (χ3n) is 1.81. The third-order valence-corrected chi connectivity index (χ3v) is 2.78. The van der Waals surface area contributed by atoms with Gasteiger partial charge in [-0.2, -0.15) is 11.8 Å². The smallest absolute Gasteiger partial charge is 0.414 e. The molecule has 1 unspecified atom stereocenters. The number of rotatable bonds is 3. The summed E-state index contributed by atoms with van der Waals surface area (Å²) < 4.78 is 0. The minimum atomic E-state index is -1.82. The number of aliphatic carboxylic acids is 2. The molecule has 0 aliphatic rings. The van der Waals surface area contributed by atoms with Crippen molar-refractivity contribution >= 4 is 23.7 Å². The van der Waals surface area contributed by atoms with Gasteiger partial charge in [0.15, 0.2) is 0 Å². The minimum absolute atomic E-state index is 0. The Morgan fingerprint density at radius 2 is 1.89 bits per heavy atom. The Balaban J connectivity index is 0. The number of hydrogen-bond acceptors (Lipinski definition) is 4. The Bertz CT molecular complexity index is 349. The van der Waals surface area contributed by atoms with Gasteiger partial charge in [0.25, 0.3) is 0 Å². The normalized spacial score (nSPS) is 10.3. The van der Waals surface area contributed by atoms with Crippen molar-refractivity contribution in [1.29, 1.82) is 0 Å². The molecule has 1 atom stereocenters. The Kier molecular flexibility index (Phi) is 12.1. The molecule has 1 aromatic heterocycles. The number of carboxylic acid groups (broad SMARTS) is 2. The maximum atomic E-state index is 9.10. The molecule has 2 N–H and O–H groups in total. The molecular weight excluding hydrogens is 437 g/mol. The Labute approximate surface area is 124 Å². The van der Waals surface area contributed by atoms with Crippen molar-refractivity contribution < 1.29 is 40.9 Å². The second kappa shape index (κ2) is 11.2. The summed E-state index contributed by atoms with van der Waals surface area (Å²) in [5.74, 6) is -3.65. The van der Waals surface area contributed by atoms with E-state index < -0.39 is 11.9 Å². The van der Waals surface area contributed by atoms with Gasteiger partial charge in [0.2, 0.25) is 0 Å². The molecule has 0 radical (unpaired) electrons. The van der Waals surface area contributed by atoms with E-state index in [0.717, 1.165) is 6.42 Å². The second-order valence-corrected chi connectivity index (χ2v) is 4.46. The van der Waals surface area contributed by atoms with Gasteiger partial charge in [-0.1, -0.05) is 13.0 Å². The van der Waals surface area contributed by atoms with Crippen molar-refractivity contribution in [2.24, 2.45) is 0 Å². The van der Waals surface area contributed by atoms with Gasteiger partial charge in [0, 0.05) is 44.6 Å². The zero-order valence-corrected chi connectivity index (χ0v) is 13.1. The summed E-state index contributed by atoms with van der Waals surface area (Å²) in [6.07, 6.45) is 5.05. The first kappa shape index (κ1) is 19.5. The van der Waals surface area contributed by atoms with Crippen molar-refractivity contribution in [1.82, 2.24) is 4.98 Å². The van der Waals surface area contributed by atoms with E-state index in [1.807, 2.05) is 30.1 Å². The minimum Gasteiger partial charge on any atom is -0.473 e. The van der Waals surface area contributed by atoms with Gasteiger partial charge in [-0.25, -0.2) is 9.59 Å². The van der Waals surface area contributed by atoms with Gasteiger partial charge in [-0.05, 0) is 18.4 Å². The molecule has 0 aliphatic carbocycles. The van der Waals surface area contributed by atoms with Crippen molar-refractivity contribution in [3.8, 4) is 0 Å². The summed E-state index contributed by atoms with van der Waals surface area (Å²) in [6, 6.07) is 6.06. The van der Waals surface area contributed by atoms with Crippen LogP contribution in [0.5, 0.6) is 0 Å². The quantitative estimate of drug-likeness (QED) is 0.677. The monoisotopic (exact) mass is 452 g/mol. The predicted molar refractivity (Wildman–Crippen MR) is 66.2 cm³/mol. The zero-order valence-electron chi connectivity index (χ0n) is 9.98. The second-order valence-electron chi connectivity index (χ2n) is 3.18. The molecule has 0 fully saturated rings. The van der Waals surface area contributed by atoms with E-state index in [4.69, 9.17) is 19.8 Å². The van der Waals surface area contributed by atoms with Crippen LogP contribution in [0.15, 0.2) is 24.4 Å². The van der Waals surface area contributed by atoms with Crippen molar-refractivity contribution in [2.45, 2.75) is 18.6 Å². The fourth-order valence-electron chi connectivity index (χ4n) is 0.897. The summed E-state index contributed by atoms with van der Waals surface area (Å²) in [7, 11) is 0. The van der Waals surface area contributed by atoms with E-state index in [1.54, 1.807) is 0 Å². The fourth-order valence-corrected chi connectivity index (χ4v) is 1.23. The largest absolute Gasteiger partial charge is 0.473 e. The van der Waals surface area contributed by atoms with Crippen LogP contribution in [0, 0.1) is 0 Å². The Morgan fingerprint density at radius 3 is 2.22 bits per heavy atom. The number of thioether (sulfide) groups is 1. The fraction of sp³-hybridized carbons (Fsp3) is 0.364. The van der Waals surface area contributed by atoms with Crippen LogP contribution in [-0.2, 0) is 37.1 Å². The summed E-state index contributed by atoms with van der Waals surface area (Å²) in [4.78, 5) is 22.5.